The van der Waals surface area contributed by atoms with Crippen LogP contribution in [0.1, 0.15) is 67.8 Å². The fraction of sp³-hybridized carbons (Fsp3) is 0.429. The Balaban J connectivity index is 1.22. The summed E-state index contributed by atoms with van der Waals surface area (Å²) in [4.78, 5) is 25.0. The number of amides is 1. The van der Waals surface area contributed by atoms with Gasteiger partial charge in [0.1, 0.15) is 11.6 Å². The summed E-state index contributed by atoms with van der Waals surface area (Å²) in [7, 11) is -4.36. The molecule has 2 fully saturated rings. The van der Waals surface area contributed by atoms with E-state index in [9.17, 15) is 26.4 Å². The van der Waals surface area contributed by atoms with Crippen LogP contribution in [0.2, 0.25) is 0 Å². The Morgan fingerprint density at radius 2 is 1.78 bits per heavy atom. The lowest BCUT2D eigenvalue weighted by Crippen LogP contribution is -2.41. The van der Waals surface area contributed by atoms with Crippen molar-refractivity contribution in [2.24, 2.45) is 11.3 Å². The van der Waals surface area contributed by atoms with Crippen molar-refractivity contribution in [3.63, 3.8) is 0 Å². The Morgan fingerprint density at radius 3 is 2.52 bits per heavy atom. The zero-order valence-corrected chi connectivity index (χ0v) is 28.5. The second kappa shape index (κ2) is 12.6. The summed E-state index contributed by atoms with van der Waals surface area (Å²) in [5.41, 5.74) is -0.938. The van der Waals surface area contributed by atoms with Crippen LogP contribution in [0.25, 0.3) is 5.82 Å². The van der Waals surface area contributed by atoms with E-state index in [1.807, 2.05) is 23.1 Å². The van der Waals surface area contributed by atoms with Crippen LogP contribution in [0.15, 0.2) is 78.0 Å². The number of anilines is 2. The molecule has 2 unspecified atom stereocenters. The fourth-order valence-corrected chi connectivity index (χ4v) is 8.08. The van der Waals surface area contributed by atoms with Crippen molar-refractivity contribution >= 4 is 27.6 Å². The molecule has 1 aromatic carbocycles. The Kier molecular flexibility index (Phi) is 8.51. The number of alkyl halides is 3. The van der Waals surface area contributed by atoms with E-state index in [0.717, 1.165) is 18.4 Å². The lowest BCUT2D eigenvalue weighted by Gasteiger charge is -2.34. The highest BCUT2D eigenvalue weighted by Crippen LogP contribution is 2.59. The summed E-state index contributed by atoms with van der Waals surface area (Å²) in [5.74, 6) is 0.541. The monoisotopic (exact) mass is 709 g/mol. The standard InChI is InChI=1S/C35H38F3N7O4S/c1-33(2)20-23-19-25(24-7-4-3-5-8-24)21-39-27-9-6-10-30(40-27)50(47,48)43-32(46)26-11-12-28(41-31(26)44(33)22-23)45-17-13-29(42-45)49-18-16-34(14-15-34)35(36,37)38/h3-13,17,23,25H,14-16,18-22H2,1-2H3,(H,39,40)(H,43,46). The van der Waals surface area contributed by atoms with Gasteiger partial charge in [0.05, 0.1) is 17.6 Å². The molecule has 11 nitrogen and oxygen atoms in total. The molecule has 1 aliphatic carbocycles. The lowest BCUT2D eigenvalue weighted by molar-refractivity contribution is -0.190. The van der Waals surface area contributed by atoms with E-state index < -0.39 is 33.1 Å². The van der Waals surface area contributed by atoms with E-state index >= 15 is 0 Å². The minimum Gasteiger partial charge on any atom is -0.477 e. The van der Waals surface area contributed by atoms with Crippen LogP contribution < -0.4 is 19.7 Å². The molecule has 4 bridgehead atoms. The first kappa shape index (κ1) is 33.8. The van der Waals surface area contributed by atoms with Gasteiger partial charge in [-0.2, -0.15) is 21.6 Å². The zero-order chi connectivity index (χ0) is 35.3. The van der Waals surface area contributed by atoms with Gasteiger partial charge in [-0.15, -0.1) is 5.10 Å². The summed E-state index contributed by atoms with van der Waals surface area (Å²) in [6, 6.07) is 19.3. The predicted molar refractivity (Wildman–Crippen MR) is 180 cm³/mol. The number of carbonyl (C=O) groups is 1. The van der Waals surface area contributed by atoms with Crippen molar-refractivity contribution in [1.82, 2.24) is 24.5 Å². The molecule has 3 aromatic heterocycles. The molecule has 1 saturated carbocycles. The molecule has 2 aliphatic heterocycles. The number of rotatable bonds is 6. The van der Waals surface area contributed by atoms with Crippen molar-refractivity contribution in [2.75, 3.05) is 29.9 Å². The molecule has 1 amide bonds. The number of fused-ring (bicyclic) bond motifs is 6. The van der Waals surface area contributed by atoms with Crippen molar-refractivity contribution < 1.29 is 31.1 Å². The molecule has 264 valence electrons. The van der Waals surface area contributed by atoms with Crippen LogP contribution in [0.3, 0.4) is 0 Å². The minimum atomic E-state index is -4.36. The van der Waals surface area contributed by atoms with Crippen LogP contribution in [0, 0.1) is 11.3 Å². The first-order valence-electron chi connectivity index (χ1n) is 16.6. The van der Waals surface area contributed by atoms with Crippen molar-refractivity contribution in [1.29, 1.82) is 0 Å². The topological polar surface area (TPSA) is 131 Å². The van der Waals surface area contributed by atoms with E-state index in [-0.39, 0.29) is 60.0 Å². The van der Waals surface area contributed by atoms with E-state index in [1.165, 1.54) is 28.9 Å². The van der Waals surface area contributed by atoms with E-state index in [2.05, 4.69) is 46.1 Å². The van der Waals surface area contributed by atoms with E-state index in [4.69, 9.17) is 9.72 Å². The second-order valence-electron chi connectivity index (χ2n) is 14.0. The van der Waals surface area contributed by atoms with Crippen LogP contribution in [-0.2, 0) is 10.0 Å². The Hall–Kier alpha value is -4.66. The smallest absolute Gasteiger partial charge is 0.394 e. The van der Waals surface area contributed by atoms with Gasteiger partial charge in [-0.25, -0.2) is 19.4 Å². The molecule has 7 rings (SSSR count). The molecule has 50 heavy (non-hydrogen) atoms. The molecule has 1 saturated heterocycles. The SMILES string of the molecule is CC1(C)CC2CC(c3ccccc3)CNc3cccc(n3)S(=O)(=O)NC(=O)c3ccc(-n4ccc(OCCC5(C(F)(F)F)CC5)n4)nc3N1C2. The van der Waals surface area contributed by atoms with Gasteiger partial charge in [0.25, 0.3) is 15.9 Å². The third kappa shape index (κ3) is 6.74. The number of nitrogens with zero attached hydrogens (tertiary/aromatic N) is 5. The highest BCUT2D eigenvalue weighted by Gasteiger charge is 2.62. The highest BCUT2D eigenvalue weighted by molar-refractivity contribution is 7.90. The molecule has 0 radical (unpaired) electrons. The van der Waals surface area contributed by atoms with Crippen LogP contribution in [0.5, 0.6) is 5.88 Å². The summed E-state index contributed by atoms with van der Waals surface area (Å²) in [6.45, 7) is 5.08. The molecular weight excluding hydrogens is 671 g/mol. The van der Waals surface area contributed by atoms with Crippen LogP contribution in [0.4, 0.5) is 24.8 Å². The van der Waals surface area contributed by atoms with Gasteiger partial charge in [-0.05, 0) is 81.7 Å². The number of pyridine rings is 2. The Labute approximate surface area is 288 Å². The maximum absolute atomic E-state index is 13.8. The number of hydrogen-bond acceptors (Lipinski definition) is 9. The number of carbonyl (C=O) groups excluding carboxylic acids is 1. The Morgan fingerprint density at radius 1 is 1.00 bits per heavy atom. The average Bonchev–Trinajstić information content (AvgIpc) is 3.63. The quantitative estimate of drug-likeness (QED) is 0.244. The zero-order valence-electron chi connectivity index (χ0n) is 27.7. The predicted octanol–water partition coefficient (Wildman–Crippen LogP) is 6.10. The van der Waals surface area contributed by atoms with Crippen molar-refractivity contribution in [3.8, 4) is 11.7 Å². The molecule has 2 N–H and O–H groups in total. The van der Waals surface area contributed by atoms with Crippen LogP contribution >= 0.6 is 0 Å². The summed E-state index contributed by atoms with van der Waals surface area (Å²) in [6.07, 6.45) is -1.04. The number of aromatic nitrogens is 4. The van der Waals surface area contributed by atoms with Crippen molar-refractivity contribution in [2.45, 2.75) is 68.6 Å². The summed E-state index contributed by atoms with van der Waals surface area (Å²) < 4.78 is 76.2. The van der Waals surface area contributed by atoms with Gasteiger partial charge in [-0.1, -0.05) is 36.4 Å². The third-order valence-corrected chi connectivity index (χ3v) is 11.3. The summed E-state index contributed by atoms with van der Waals surface area (Å²) >= 11 is 0. The highest BCUT2D eigenvalue weighted by atomic mass is 32.2. The van der Waals surface area contributed by atoms with Gasteiger partial charge < -0.3 is 15.0 Å². The molecule has 0 spiro atoms. The number of benzene rings is 1. The number of ether oxygens (including phenoxy) is 1. The molecule has 15 heteroatoms. The van der Waals surface area contributed by atoms with Gasteiger partial charge in [0, 0.05) is 36.8 Å². The third-order valence-electron chi connectivity index (χ3n) is 10.0. The maximum Gasteiger partial charge on any atom is 0.394 e. The molecule has 4 aromatic rings. The summed E-state index contributed by atoms with van der Waals surface area (Å²) in [5, 5.41) is 7.40. The lowest BCUT2D eigenvalue weighted by atomic mass is 9.85. The van der Waals surface area contributed by atoms with E-state index in [1.54, 1.807) is 18.3 Å². The average molecular weight is 710 g/mol. The molecule has 3 aliphatic rings. The van der Waals surface area contributed by atoms with Gasteiger partial charge >= 0.3 is 6.18 Å². The van der Waals surface area contributed by atoms with Crippen molar-refractivity contribution in [3.05, 3.63) is 84.1 Å². The largest absolute Gasteiger partial charge is 0.477 e. The van der Waals surface area contributed by atoms with Gasteiger partial charge in [0.15, 0.2) is 10.8 Å². The fourth-order valence-electron chi connectivity index (χ4n) is 7.14. The molecule has 2 atom stereocenters. The first-order valence-corrected chi connectivity index (χ1v) is 18.1. The van der Waals surface area contributed by atoms with Crippen LogP contribution in [-0.4, -0.2) is 65.5 Å². The van der Waals surface area contributed by atoms with Gasteiger partial charge in [0.2, 0.25) is 5.88 Å². The number of hydrogen-bond donors (Lipinski definition) is 2. The number of nitrogens with one attached hydrogen (secondary N) is 2. The number of sulfonamides is 1. The molecular formula is C35H38F3N7O4S. The maximum atomic E-state index is 13.8. The molecule has 5 heterocycles. The normalized spacial score (nSPS) is 22.3. The minimum absolute atomic E-state index is 0.0559. The van der Waals surface area contributed by atoms with E-state index in [0.29, 0.717) is 24.7 Å². The second-order valence-corrected chi connectivity index (χ2v) is 15.7. The first-order chi connectivity index (χ1) is 23.7. The number of halogens is 3. The van der Waals surface area contributed by atoms with Gasteiger partial charge in [-0.3, -0.25) is 4.79 Å². The Bertz CT molecular complexity index is 2000.